The summed E-state index contributed by atoms with van der Waals surface area (Å²) in [6.45, 7) is 5.25. The third-order valence-electron chi connectivity index (χ3n) is 5.43. The van der Waals surface area contributed by atoms with Gasteiger partial charge in [-0.1, -0.05) is 26.0 Å². The van der Waals surface area contributed by atoms with Crippen molar-refractivity contribution in [2.24, 2.45) is 5.92 Å². The van der Waals surface area contributed by atoms with Crippen LogP contribution in [0.15, 0.2) is 47.1 Å². The molecule has 1 saturated heterocycles. The molecular weight excluding hydrogens is 386 g/mol. The van der Waals surface area contributed by atoms with E-state index in [2.05, 4.69) is 11.4 Å². The number of hydrogen-bond donors (Lipinski definition) is 1. The first-order chi connectivity index (χ1) is 14.0. The van der Waals surface area contributed by atoms with Gasteiger partial charge in [-0.05, 0) is 43.0 Å². The van der Waals surface area contributed by atoms with E-state index in [0.29, 0.717) is 19.0 Å². The van der Waals surface area contributed by atoms with Gasteiger partial charge in [0.1, 0.15) is 6.04 Å². The molecule has 6 nitrogen and oxygen atoms in total. The van der Waals surface area contributed by atoms with Crippen molar-refractivity contribution in [2.45, 2.75) is 38.6 Å². The van der Waals surface area contributed by atoms with Gasteiger partial charge < -0.3 is 14.6 Å². The lowest BCUT2D eigenvalue weighted by Crippen LogP contribution is -2.52. The molecule has 1 unspecified atom stereocenters. The van der Waals surface area contributed by atoms with Crippen LogP contribution in [0.25, 0.3) is 10.2 Å². The van der Waals surface area contributed by atoms with E-state index >= 15 is 0 Å². The minimum atomic E-state index is -0.563. The highest BCUT2D eigenvalue weighted by Gasteiger charge is 2.32. The summed E-state index contributed by atoms with van der Waals surface area (Å²) in [5.41, 5.74) is 1.05. The summed E-state index contributed by atoms with van der Waals surface area (Å²) >= 11 is 1.75. The maximum atomic E-state index is 13.1. The first kappa shape index (κ1) is 19.6. The first-order valence-corrected chi connectivity index (χ1v) is 10.8. The number of furan rings is 1. The Kier molecular flexibility index (Phi) is 5.67. The van der Waals surface area contributed by atoms with Crippen molar-refractivity contribution in [1.82, 2.24) is 15.2 Å². The number of aromatic nitrogens is 1. The summed E-state index contributed by atoms with van der Waals surface area (Å²) in [7, 11) is 0. The van der Waals surface area contributed by atoms with E-state index in [9.17, 15) is 9.59 Å². The van der Waals surface area contributed by atoms with Gasteiger partial charge in [-0.15, -0.1) is 11.3 Å². The molecule has 0 saturated carbocycles. The molecule has 7 heteroatoms. The van der Waals surface area contributed by atoms with E-state index in [4.69, 9.17) is 9.40 Å². The average Bonchev–Trinajstić information content (AvgIpc) is 3.41. The second-order valence-corrected chi connectivity index (χ2v) is 8.85. The molecule has 4 rings (SSSR count). The second kappa shape index (κ2) is 8.37. The molecule has 0 radical (unpaired) electrons. The van der Waals surface area contributed by atoms with E-state index in [1.54, 1.807) is 23.5 Å². The SMILES string of the molecule is CC(C)C(NC(=O)c1ccco1)C(=O)N1CCC(c2nc3ccccc3s2)CC1. The van der Waals surface area contributed by atoms with Crippen molar-refractivity contribution in [3.63, 3.8) is 0 Å². The molecule has 3 heterocycles. The fourth-order valence-corrected chi connectivity index (χ4v) is 4.88. The zero-order chi connectivity index (χ0) is 20.4. The molecule has 2 amide bonds. The molecule has 3 aromatic rings. The van der Waals surface area contributed by atoms with E-state index in [-0.39, 0.29) is 23.5 Å². The summed E-state index contributed by atoms with van der Waals surface area (Å²) in [5.74, 6) is 0.210. The third-order valence-corrected chi connectivity index (χ3v) is 6.63. The lowest BCUT2D eigenvalue weighted by atomic mass is 9.95. The Morgan fingerprint density at radius 1 is 1.17 bits per heavy atom. The minimum absolute atomic E-state index is 0.0107. The van der Waals surface area contributed by atoms with Crippen molar-refractivity contribution in [1.29, 1.82) is 0 Å². The lowest BCUT2D eigenvalue weighted by Gasteiger charge is -2.34. The fraction of sp³-hybridized carbons (Fsp3) is 0.409. The van der Waals surface area contributed by atoms with Crippen molar-refractivity contribution in [2.75, 3.05) is 13.1 Å². The van der Waals surface area contributed by atoms with Crippen LogP contribution >= 0.6 is 11.3 Å². The molecule has 1 N–H and O–H groups in total. The highest BCUT2D eigenvalue weighted by atomic mass is 32.1. The van der Waals surface area contributed by atoms with E-state index < -0.39 is 6.04 Å². The molecule has 1 aliphatic rings. The maximum Gasteiger partial charge on any atom is 0.287 e. The monoisotopic (exact) mass is 411 g/mol. The quantitative estimate of drug-likeness (QED) is 0.687. The highest BCUT2D eigenvalue weighted by molar-refractivity contribution is 7.18. The molecule has 2 aromatic heterocycles. The fourth-order valence-electron chi connectivity index (χ4n) is 3.74. The number of nitrogens with one attached hydrogen (secondary N) is 1. The normalized spacial score (nSPS) is 16.3. The van der Waals surface area contributed by atoms with Crippen LogP contribution in [0, 0.1) is 5.92 Å². The second-order valence-electron chi connectivity index (χ2n) is 7.79. The Morgan fingerprint density at radius 3 is 2.59 bits per heavy atom. The zero-order valence-corrected chi connectivity index (χ0v) is 17.4. The highest BCUT2D eigenvalue weighted by Crippen LogP contribution is 2.34. The number of rotatable bonds is 5. The molecule has 1 fully saturated rings. The number of para-hydroxylation sites is 1. The Labute approximate surface area is 173 Å². The smallest absolute Gasteiger partial charge is 0.287 e. The third kappa shape index (κ3) is 4.19. The largest absolute Gasteiger partial charge is 0.459 e. The van der Waals surface area contributed by atoms with Gasteiger partial charge in [0.15, 0.2) is 5.76 Å². The lowest BCUT2D eigenvalue weighted by molar-refractivity contribution is -0.135. The number of likely N-dealkylation sites (tertiary alicyclic amines) is 1. The Morgan fingerprint density at radius 2 is 1.93 bits per heavy atom. The molecule has 0 aliphatic carbocycles. The molecule has 152 valence electrons. The van der Waals surface area contributed by atoms with Crippen LogP contribution in [-0.2, 0) is 4.79 Å². The molecule has 0 bridgehead atoms. The number of carbonyl (C=O) groups is 2. The number of carbonyl (C=O) groups excluding carboxylic acids is 2. The van der Waals surface area contributed by atoms with E-state index in [1.165, 1.54) is 11.0 Å². The molecule has 1 atom stereocenters. The van der Waals surface area contributed by atoms with Gasteiger partial charge in [-0.3, -0.25) is 9.59 Å². The van der Waals surface area contributed by atoms with Gasteiger partial charge in [0.25, 0.3) is 5.91 Å². The van der Waals surface area contributed by atoms with Crippen molar-refractivity contribution < 1.29 is 14.0 Å². The van der Waals surface area contributed by atoms with Crippen LogP contribution in [0.1, 0.15) is 48.2 Å². The predicted molar refractivity (Wildman–Crippen MR) is 113 cm³/mol. The number of thiazole rings is 1. The molecule has 29 heavy (non-hydrogen) atoms. The van der Waals surface area contributed by atoms with Crippen LogP contribution < -0.4 is 5.32 Å². The Bertz CT molecular complexity index is 955. The number of fused-ring (bicyclic) bond motifs is 1. The number of nitrogens with zero attached hydrogens (tertiary/aromatic N) is 2. The van der Waals surface area contributed by atoms with Crippen LogP contribution in [0.2, 0.25) is 0 Å². The van der Waals surface area contributed by atoms with Gasteiger partial charge in [0.05, 0.1) is 21.5 Å². The summed E-state index contributed by atoms with van der Waals surface area (Å²) in [6, 6.07) is 10.9. The molecule has 0 spiro atoms. The van der Waals surface area contributed by atoms with Gasteiger partial charge in [0.2, 0.25) is 5.91 Å². The molecular formula is C22H25N3O3S. The topological polar surface area (TPSA) is 75.4 Å². The molecule has 1 aromatic carbocycles. The maximum absolute atomic E-state index is 13.1. The van der Waals surface area contributed by atoms with E-state index in [0.717, 1.165) is 23.4 Å². The van der Waals surface area contributed by atoms with Gasteiger partial charge >= 0.3 is 0 Å². The van der Waals surface area contributed by atoms with Gasteiger partial charge in [-0.2, -0.15) is 0 Å². The van der Waals surface area contributed by atoms with Gasteiger partial charge in [-0.25, -0.2) is 4.98 Å². The zero-order valence-electron chi connectivity index (χ0n) is 16.6. The van der Waals surface area contributed by atoms with Crippen LogP contribution in [-0.4, -0.2) is 40.8 Å². The number of piperidine rings is 1. The number of benzene rings is 1. The Balaban J connectivity index is 1.39. The van der Waals surface area contributed by atoms with Crippen LogP contribution in [0.4, 0.5) is 0 Å². The summed E-state index contributed by atoms with van der Waals surface area (Å²) in [6.07, 6.45) is 3.24. The molecule has 1 aliphatic heterocycles. The van der Waals surface area contributed by atoms with E-state index in [1.807, 2.05) is 36.9 Å². The summed E-state index contributed by atoms with van der Waals surface area (Å²) in [4.78, 5) is 32.1. The minimum Gasteiger partial charge on any atom is -0.459 e. The summed E-state index contributed by atoms with van der Waals surface area (Å²) in [5, 5.41) is 4.00. The Hall–Kier alpha value is -2.67. The van der Waals surface area contributed by atoms with Gasteiger partial charge in [0, 0.05) is 19.0 Å². The first-order valence-electron chi connectivity index (χ1n) is 10.0. The summed E-state index contributed by atoms with van der Waals surface area (Å²) < 4.78 is 6.36. The van der Waals surface area contributed by atoms with Crippen molar-refractivity contribution >= 4 is 33.4 Å². The van der Waals surface area contributed by atoms with Crippen LogP contribution in [0.3, 0.4) is 0 Å². The van der Waals surface area contributed by atoms with Crippen LogP contribution in [0.5, 0.6) is 0 Å². The standard InChI is InChI=1S/C22H25N3O3S/c1-14(2)19(24-20(26)17-7-5-13-28-17)22(27)25-11-9-15(10-12-25)21-23-16-6-3-4-8-18(16)29-21/h3-8,13-15,19H,9-12H2,1-2H3,(H,24,26). The number of hydrogen-bond acceptors (Lipinski definition) is 5. The number of amides is 2. The van der Waals surface area contributed by atoms with Crippen molar-refractivity contribution in [3.8, 4) is 0 Å². The predicted octanol–water partition coefficient (Wildman–Crippen LogP) is 4.05. The van der Waals surface area contributed by atoms with Crippen molar-refractivity contribution in [3.05, 3.63) is 53.4 Å². The average molecular weight is 412 g/mol.